The van der Waals surface area contributed by atoms with Crippen molar-refractivity contribution in [3.8, 4) is 0 Å². The van der Waals surface area contributed by atoms with Crippen LogP contribution in [0.5, 0.6) is 0 Å². The van der Waals surface area contributed by atoms with Crippen LogP contribution >= 0.6 is 0 Å². The molecule has 1 amide bonds. The Morgan fingerprint density at radius 3 is 2.48 bits per heavy atom. The van der Waals surface area contributed by atoms with Gasteiger partial charge in [0.15, 0.2) is 11.7 Å². The van der Waals surface area contributed by atoms with E-state index in [9.17, 15) is 18.0 Å². The molecule has 1 aromatic heterocycles. The Bertz CT molecular complexity index is 838. The van der Waals surface area contributed by atoms with E-state index in [-0.39, 0.29) is 23.8 Å². The molecule has 27 heavy (non-hydrogen) atoms. The molecule has 0 unspecified atom stereocenters. The molecule has 2 aliphatic heterocycles. The number of carbonyl (C=O) groups is 1. The van der Waals surface area contributed by atoms with E-state index in [0.717, 1.165) is 28.7 Å². The second-order valence-electron chi connectivity index (χ2n) is 7.26. The Labute approximate surface area is 155 Å². The fourth-order valence-electron chi connectivity index (χ4n) is 3.78. The molecule has 3 heterocycles. The SMILES string of the molecule is Cc1ccc([C@@H]2C[C@H](C(F)(F)F)n3nc(C(=O)N4CCCC4)cc3N2)cc1. The minimum absolute atomic E-state index is 0.0678. The fraction of sp³-hybridized carbons (Fsp3) is 0.474. The first-order valence-electron chi connectivity index (χ1n) is 9.11. The molecular formula is C19H21F3N4O. The minimum atomic E-state index is -4.44. The molecule has 4 rings (SSSR count). The first-order valence-corrected chi connectivity index (χ1v) is 9.11. The summed E-state index contributed by atoms with van der Waals surface area (Å²) >= 11 is 0. The smallest absolute Gasteiger partial charge is 0.363 e. The van der Waals surface area contributed by atoms with Gasteiger partial charge in [0, 0.05) is 25.6 Å². The summed E-state index contributed by atoms with van der Waals surface area (Å²) in [5.74, 6) is -0.0688. The van der Waals surface area contributed by atoms with Crippen LogP contribution in [0.4, 0.5) is 19.0 Å². The summed E-state index contributed by atoms with van der Waals surface area (Å²) in [6.07, 6.45) is -2.78. The molecule has 1 N–H and O–H groups in total. The molecule has 1 aromatic carbocycles. The molecule has 1 saturated heterocycles. The Morgan fingerprint density at radius 1 is 1.19 bits per heavy atom. The van der Waals surface area contributed by atoms with E-state index in [1.807, 2.05) is 31.2 Å². The van der Waals surface area contributed by atoms with E-state index in [2.05, 4.69) is 10.4 Å². The molecule has 144 valence electrons. The van der Waals surface area contributed by atoms with Gasteiger partial charge >= 0.3 is 6.18 Å². The van der Waals surface area contributed by atoms with Crippen molar-refractivity contribution in [3.05, 3.63) is 47.2 Å². The zero-order valence-corrected chi connectivity index (χ0v) is 15.0. The fourth-order valence-corrected chi connectivity index (χ4v) is 3.78. The van der Waals surface area contributed by atoms with Crippen molar-refractivity contribution in [3.63, 3.8) is 0 Å². The van der Waals surface area contributed by atoms with Gasteiger partial charge in [-0.1, -0.05) is 29.8 Å². The normalized spacial score (nSPS) is 22.4. The van der Waals surface area contributed by atoms with Gasteiger partial charge in [0.2, 0.25) is 0 Å². The summed E-state index contributed by atoms with van der Waals surface area (Å²) in [5, 5.41) is 7.16. The highest BCUT2D eigenvalue weighted by atomic mass is 19.4. The maximum atomic E-state index is 13.7. The quantitative estimate of drug-likeness (QED) is 0.856. The molecule has 0 bridgehead atoms. The van der Waals surface area contributed by atoms with Crippen molar-refractivity contribution in [2.45, 2.75) is 44.4 Å². The lowest BCUT2D eigenvalue weighted by Gasteiger charge is -2.33. The van der Waals surface area contributed by atoms with E-state index >= 15 is 0 Å². The van der Waals surface area contributed by atoms with Gasteiger partial charge in [0.25, 0.3) is 5.91 Å². The largest absolute Gasteiger partial charge is 0.410 e. The molecule has 5 nitrogen and oxygen atoms in total. The van der Waals surface area contributed by atoms with Crippen molar-refractivity contribution in [2.24, 2.45) is 0 Å². The average molecular weight is 378 g/mol. The van der Waals surface area contributed by atoms with E-state index in [1.165, 1.54) is 6.07 Å². The Hall–Kier alpha value is -2.51. The molecule has 0 radical (unpaired) electrons. The summed E-state index contributed by atoms with van der Waals surface area (Å²) in [6, 6.07) is 6.63. The van der Waals surface area contributed by atoms with Crippen LogP contribution in [-0.2, 0) is 0 Å². The third-order valence-corrected chi connectivity index (χ3v) is 5.28. The van der Waals surface area contributed by atoms with Gasteiger partial charge in [0.05, 0.1) is 6.04 Å². The van der Waals surface area contributed by atoms with Crippen molar-refractivity contribution in [1.29, 1.82) is 0 Å². The van der Waals surface area contributed by atoms with Crippen molar-refractivity contribution in [1.82, 2.24) is 14.7 Å². The third kappa shape index (κ3) is 3.40. The zero-order valence-electron chi connectivity index (χ0n) is 15.0. The van der Waals surface area contributed by atoms with Gasteiger partial charge in [-0.3, -0.25) is 4.79 Å². The molecule has 2 atom stereocenters. The van der Waals surface area contributed by atoms with E-state index in [4.69, 9.17) is 0 Å². The highest BCUT2D eigenvalue weighted by molar-refractivity contribution is 5.93. The Morgan fingerprint density at radius 2 is 1.85 bits per heavy atom. The number of alkyl halides is 3. The van der Waals surface area contributed by atoms with E-state index in [0.29, 0.717) is 13.1 Å². The molecule has 0 saturated carbocycles. The van der Waals surface area contributed by atoms with Crippen LogP contribution in [0.25, 0.3) is 0 Å². The minimum Gasteiger partial charge on any atom is -0.363 e. The Balaban J connectivity index is 1.67. The van der Waals surface area contributed by atoms with Gasteiger partial charge in [-0.15, -0.1) is 0 Å². The molecule has 2 aliphatic rings. The lowest BCUT2D eigenvalue weighted by molar-refractivity contribution is -0.173. The molecule has 1 fully saturated rings. The average Bonchev–Trinajstić information content (AvgIpc) is 3.29. The number of aromatic nitrogens is 2. The first-order chi connectivity index (χ1) is 12.8. The maximum absolute atomic E-state index is 13.7. The van der Waals surface area contributed by atoms with E-state index < -0.39 is 18.3 Å². The third-order valence-electron chi connectivity index (χ3n) is 5.28. The number of nitrogens with one attached hydrogen (secondary N) is 1. The highest BCUT2D eigenvalue weighted by Gasteiger charge is 2.47. The summed E-state index contributed by atoms with van der Waals surface area (Å²) in [6.45, 7) is 3.19. The van der Waals surface area contributed by atoms with Crippen molar-refractivity contribution >= 4 is 11.7 Å². The van der Waals surface area contributed by atoms with Gasteiger partial charge in [-0.05, 0) is 25.3 Å². The summed E-state index contributed by atoms with van der Waals surface area (Å²) in [7, 11) is 0. The van der Waals surface area contributed by atoms with Crippen molar-refractivity contribution in [2.75, 3.05) is 18.4 Å². The van der Waals surface area contributed by atoms with Crippen molar-refractivity contribution < 1.29 is 18.0 Å². The summed E-state index contributed by atoms with van der Waals surface area (Å²) in [4.78, 5) is 14.2. The number of fused-ring (bicyclic) bond motifs is 1. The van der Waals surface area contributed by atoms with Crippen LogP contribution in [0.1, 0.15) is 53.0 Å². The lowest BCUT2D eigenvalue weighted by atomic mass is 9.96. The number of amides is 1. The predicted molar refractivity (Wildman–Crippen MR) is 94.6 cm³/mol. The predicted octanol–water partition coefficient (Wildman–Crippen LogP) is 4.09. The zero-order chi connectivity index (χ0) is 19.2. The second kappa shape index (κ2) is 6.58. The topological polar surface area (TPSA) is 50.2 Å². The number of carbonyl (C=O) groups excluding carboxylic acids is 1. The molecule has 2 aromatic rings. The number of hydrogen-bond acceptors (Lipinski definition) is 3. The number of likely N-dealkylation sites (tertiary alicyclic amines) is 1. The standard InChI is InChI=1S/C19H21F3N4O/c1-12-4-6-13(7-5-12)14-10-16(19(20,21)22)26-17(23-14)11-15(24-26)18(27)25-8-2-3-9-25/h4-7,11,14,16,23H,2-3,8-10H2,1H3/t14-,16+/m0/s1. The number of nitrogens with zero attached hydrogens (tertiary/aromatic N) is 3. The number of benzene rings is 1. The number of halogens is 3. The molecular weight excluding hydrogens is 357 g/mol. The maximum Gasteiger partial charge on any atom is 0.410 e. The van der Waals surface area contributed by atoms with Crippen LogP contribution in [-0.4, -0.2) is 39.9 Å². The van der Waals surface area contributed by atoms with Gasteiger partial charge in [-0.25, -0.2) is 4.68 Å². The monoisotopic (exact) mass is 378 g/mol. The number of anilines is 1. The molecule has 0 aliphatic carbocycles. The number of hydrogen-bond donors (Lipinski definition) is 1. The van der Waals surface area contributed by atoms with E-state index in [1.54, 1.807) is 4.90 Å². The molecule has 8 heteroatoms. The highest BCUT2D eigenvalue weighted by Crippen LogP contribution is 2.43. The van der Waals surface area contributed by atoms with Gasteiger partial charge in [0.1, 0.15) is 5.82 Å². The first kappa shape index (κ1) is 17.9. The van der Waals surface area contributed by atoms with Crippen LogP contribution < -0.4 is 5.32 Å². The van der Waals surface area contributed by atoms with Gasteiger partial charge < -0.3 is 10.2 Å². The van der Waals surface area contributed by atoms with Crippen LogP contribution in [0.15, 0.2) is 30.3 Å². The second-order valence-corrected chi connectivity index (χ2v) is 7.26. The number of rotatable bonds is 2. The lowest BCUT2D eigenvalue weighted by Crippen LogP contribution is -2.36. The van der Waals surface area contributed by atoms with Crippen LogP contribution in [0.2, 0.25) is 0 Å². The summed E-state index contributed by atoms with van der Waals surface area (Å²) in [5.41, 5.74) is 1.90. The van der Waals surface area contributed by atoms with Gasteiger partial charge in [-0.2, -0.15) is 18.3 Å². The molecule has 0 spiro atoms. The van der Waals surface area contributed by atoms with Crippen LogP contribution in [0, 0.1) is 6.92 Å². The van der Waals surface area contributed by atoms with Crippen LogP contribution in [0.3, 0.4) is 0 Å². The summed E-state index contributed by atoms with van der Waals surface area (Å²) < 4.78 is 42.0. The number of aryl methyl sites for hydroxylation is 1. The Kier molecular flexibility index (Phi) is 4.36.